The number of ether oxygens (including phenoxy) is 1. The van der Waals surface area contributed by atoms with E-state index in [4.69, 9.17) is 4.74 Å². The van der Waals surface area contributed by atoms with Crippen molar-refractivity contribution in [3.63, 3.8) is 0 Å². The monoisotopic (exact) mass is 468 g/mol. The van der Waals surface area contributed by atoms with Crippen molar-refractivity contribution in [2.24, 2.45) is 0 Å². The highest BCUT2D eigenvalue weighted by Gasteiger charge is 2.36. The van der Waals surface area contributed by atoms with Gasteiger partial charge in [0.1, 0.15) is 6.07 Å². The van der Waals surface area contributed by atoms with Crippen LogP contribution in [0, 0.1) is 11.3 Å². The summed E-state index contributed by atoms with van der Waals surface area (Å²) in [7, 11) is 0. The largest absolute Gasteiger partial charge is 0.384 e. The number of hydrogen-bond donors (Lipinski definition) is 1. The van der Waals surface area contributed by atoms with Gasteiger partial charge in [-0.1, -0.05) is 6.08 Å². The summed E-state index contributed by atoms with van der Waals surface area (Å²) in [6.45, 7) is 11.0. The second-order valence-corrected chi connectivity index (χ2v) is 9.84. The van der Waals surface area contributed by atoms with E-state index in [1.165, 1.54) is 28.2 Å². The number of benzene rings is 1. The van der Waals surface area contributed by atoms with Gasteiger partial charge in [-0.25, -0.2) is 0 Å². The number of fused-ring (bicyclic) bond motifs is 3. The van der Waals surface area contributed by atoms with Crippen molar-refractivity contribution in [1.82, 2.24) is 20.1 Å². The molecule has 2 aromatic rings. The molecule has 3 aliphatic heterocycles. The van der Waals surface area contributed by atoms with Crippen LogP contribution < -0.4 is 10.2 Å². The highest BCUT2D eigenvalue weighted by molar-refractivity contribution is 5.95. The average Bonchev–Trinajstić information content (AvgIpc) is 3.27. The van der Waals surface area contributed by atoms with E-state index in [1.807, 2.05) is 12.1 Å². The first-order valence-corrected chi connectivity index (χ1v) is 12.7. The maximum atomic E-state index is 9.53. The van der Waals surface area contributed by atoms with Gasteiger partial charge in [0.05, 0.1) is 30.8 Å². The molecule has 0 saturated carbocycles. The summed E-state index contributed by atoms with van der Waals surface area (Å²) in [6, 6.07) is 10.8. The summed E-state index contributed by atoms with van der Waals surface area (Å²) in [4.78, 5) is 12.0. The smallest absolute Gasteiger partial charge is 0.101 e. The number of piperazine rings is 1. The van der Waals surface area contributed by atoms with E-state index in [2.05, 4.69) is 62.3 Å². The number of aromatic nitrogens is 1. The summed E-state index contributed by atoms with van der Waals surface area (Å²) in [5.41, 5.74) is 8.23. The fourth-order valence-electron chi connectivity index (χ4n) is 5.86. The fourth-order valence-corrected chi connectivity index (χ4v) is 5.86. The van der Waals surface area contributed by atoms with E-state index in [0.29, 0.717) is 11.6 Å². The maximum absolute atomic E-state index is 9.53. The molecule has 4 aliphatic rings. The number of rotatable bonds is 5. The van der Waals surface area contributed by atoms with Gasteiger partial charge < -0.3 is 19.9 Å². The molecule has 1 N–H and O–H groups in total. The normalized spacial score (nSPS) is 22.5. The molecule has 0 amide bonds. The van der Waals surface area contributed by atoms with Crippen LogP contribution in [-0.4, -0.2) is 79.9 Å². The van der Waals surface area contributed by atoms with Crippen LogP contribution in [0.2, 0.25) is 0 Å². The third-order valence-electron chi connectivity index (χ3n) is 7.71. The van der Waals surface area contributed by atoms with E-state index >= 15 is 0 Å². The lowest BCUT2D eigenvalue weighted by Gasteiger charge is -2.42. The second kappa shape index (κ2) is 9.37. The molecule has 1 aliphatic carbocycles. The Morgan fingerprint density at radius 2 is 2.09 bits per heavy atom. The van der Waals surface area contributed by atoms with Crippen molar-refractivity contribution in [2.75, 3.05) is 63.9 Å². The molecule has 1 aromatic carbocycles. The van der Waals surface area contributed by atoms with Crippen LogP contribution in [0.4, 0.5) is 5.69 Å². The number of nitrogens with zero attached hydrogens (tertiary/aromatic N) is 5. The number of morpholine rings is 1. The SMILES string of the molecule is C[C@@H]1CN(c2ccc(C#N)c3ncccc23)CC2=C3CC=C(NCCN4CCOCC4)C=C3CN21. The van der Waals surface area contributed by atoms with Gasteiger partial charge in [-0.3, -0.25) is 9.88 Å². The summed E-state index contributed by atoms with van der Waals surface area (Å²) >= 11 is 0. The van der Waals surface area contributed by atoms with Crippen molar-refractivity contribution in [1.29, 1.82) is 5.26 Å². The Bertz CT molecular complexity index is 1270. The van der Waals surface area contributed by atoms with Gasteiger partial charge in [-0.15, -0.1) is 0 Å². The Balaban J connectivity index is 1.20. The van der Waals surface area contributed by atoms with Crippen molar-refractivity contribution in [3.05, 3.63) is 70.7 Å². The minimum atomic E-state index is 0.415. The minimum Gasteiger partial charge on any atom is -0.384 e. The van der Waals surface area contributed by atoms with Crippen LogP contribution in [-0.2, 0) is 4.74 Å². The summed E-state index contributed by atoms with van der Waals surface area (Å²) in [6.07, 6.45) is 7.46. The van der Waals surface area contributed by atoms with Gasteiger partial charge in [0.2, 0.25) is 0 Å². The van der Waals surface area contributed by atoms with Crippen LogP contribution in [0.5, 0.6) is 0 Å². The lowest BCUT2D eigenvalue weighted by molar-refractivity contribution is 0.0387. The topological polar surface area (TPSA) is 67.7 Å². The standard InChI is InChI=1S/C28H32N6O/c1-20-17-33(26-7-4-21(16-29)28-25(26)3-2-8-31-28)19-27-24-6-5-23(15-22(24)18-34(20)27)30-9-10-32-11-13-35-14-12-32/h2-5,7-8,15,20,30H,6,9-14,17-19H2,1H3/t20-/m1/s1. The molecule has 7 nitrogen and oxygen atoms in total. The van der Waals surface area contributed by atoms with Crippen molar-refractivity contribution in [3.8, 4) is 6.07 Å². The van der Waals surface area contributed by atoms with E-state index in [9.17, 15) is 5.26 Å². The number of hydrogen-bond acceptors (Lipinski definition) is 7. The van der Waals surface area contributed by atoms with Crippen LogP contribution in [0.25, 0.3) is 10.9 Å². The first-order chi connectivity index (χ1) is 17.2. The van der Waals surface area contributed by atoms with Crippen molar-refractivity contribution in [2.45, 2.75) is 19.4 Å². The number of nitrogens with one attached hydrogen (secondary N) is 1. The van der Waals surface area contributed by atoms with E-state index in [-0.39, 0.29) is 0 Å². The molecule has 180 valence electrons. The van der Waals surface area contributed by atoms with Crippen molar-refractivity contribution < 1.29 is 4.74 Å². The molecule has 0 spiro atoms. The Kier molecular flexibility index (Phi) is 5.93. The zero-order valence-corrected chi connectivity index (χ0v) is 20.3. The number of nitriles is 1. The zero-order valence-electron chi connectivity index (χ0n) is 20.3. The van der Waals surface area contributed by atoms with E-state index < -0.39 is 0 Å². The van der Waals surface area contributed by atoms with E-state index in [0.717, 1.165) is 76.4 Å². The minimum absolute atomic E-state index is 0.415. The van der Waals surface area contributed by atoms with Crippen LogP contribution >= 0.6 is 0 Å². The number of pyridine rings is 1. The first-order valence-electron chi connectivity index (χ1n) is 12.7. The van der Waals surface area contributed by atoms with Crippen molar-refractivity contribution >= 4 is 16.6 Å². The van der Waals surface area contributed by atoms with Gasteiger partial charge >= 0.3 is 0 Å². The summed E-state index contributed by atoms with van der Waals surface area (Å²) in [5.74, 6) is 0. The molecular formula is C28H32N6O. The molecule has 7 heteroatoms. The Labute approximate surface area is 207 Å². The molecule has 2 fully saturated rings. The predicted octanol–water partition coefficient (Wildman–Crippen LogP) is 3.02. The maximum Gasteiger partial charge on any atom is 0.101 e. The third kappa shape index (κ3) is 4.18. The summed E-state index contributed by atoms with van der Waals surface area (Å²) < 4.78 is 5.45. The van der Waals surface area contributed by atoms with Gasteiger partial charge in [0.15, 0.2) is 0 Å². The lowest BCUT2D eigenvalue weighted by Crippen LogP contribution is -2.49. The van der Waals surface area contributed by atoms with E-state index in [1.54, 1.807) is 6.20 Å². The average molecular weight is 469 g/mol. The highest BCUT2D eigenvalue weighted by atomic mass is 16.5. The third-order valence-corrected chi connectivity index (χ3v) is 7.71. The molecule has 1 atom stereocenters. The van der Waals surface area contributed by atoms with Crippen LogP contribution in [0.3, 0.4) is 0 Å². The Morgan fingerprint density at radius 3 is 2.94 bits per heavy atom. The van der Waals surface area contributed by atoms with Crippen LogP contribution in [0.15, 0.2) is 65.2 Å². The molecule has 35 heavy (non-hydrogen) atoms. The fraction of sp³-hybridized carbons (Fsp3) is 0.429. The zero-order chi connectivity index (χ0) is 23.8. The van der Waals surface area contributed by atoms with Gasteiger partial charge in [-0.05, 0) is 54.8 Å². The van der Waals surface area contributed by atoms with Gasteiger partial charge in [-0.2, -0.15) is 5.26 Å². The molecule has 6 rings (SSSR count). The molecule has 0 bridgehead atoms. The molecule has 2 saturated heterocycles. The molecule has 0 radical (unpaired) electrons. The summed E-state index contributed by atoms with van der Waals surface area (Å²) in [5, 5.41) is 14.2. The molecule has 4 heterocycles. The highest BCUT2D eigenvalue weighted by Crippen LogP contribution is 2.40. The molecule has 1 aromatic heterocycles. The molecular weight excluding hydrogens is 436 g/mol. The lowest BCUT2D eigenvalue weighted by atomic mass is 9.97. The number of anilines is 1. The predicted molar refractivity (Wildman–Crippen MR) is 138 cm³/mol. The molecule has 0 unspecified atom stereocenters. The van der Waals surface area contributed by atoms with Crippen LogP contribution in [0.1, 0.15) is 18.9 Å². The van der Waals surface area contributed by atoms with Gasteiger partial charge in [0.25, 0.3) is 0 Å². The van der Waals surface area contributed by atoms with Gasteiger partial charge in [0, 0.05) is 74.0 Å². The first kappa shape index (κ1) is 22.1. The quantitative estimate of drug-likeness (QED) is 0.724. The second-order valence-electron chi connectivity index (χ2n) is 9.84. The Morgan fingerprint density at radius 1 is 1.20 bits per heavy atom. The number of allylic oxidation sites excluding steroid dienone is 2. The Hall–Kier alpha value is -3.34.